The Morgan fingerprint density at radius 1 is 0.917 bits per heavy atom. The summed E-state index contributed by atoms with van der Waals surface area (Å²) in [6, 6.07) is 20.7. The molecule has 2 aromatic heterocycles. The van der Waals surface area contributed by atoms with E-state index in [0.717, 1.165) is 71.0 Å². The first-order valence-electron chi connectivity index (χ1n) is 13.0. The number of carboxylic acid groups (broad SMARTS) is 1. The minimum Gasteiger partial charge on any atom is -0.481 e. The van der Waals surface area contributed by atoms with Crippen LogP contribution in [0.4, 0.5) is 5.82 Å². The maximum absolute atomic E-state index is 11.7. The van der Waals surface area contributed by atoms with Gasteiger partial charge >= 0.3 is 5.97 Å². The third kappa shape index (κ3) is 4.60. The van der Waals surface area contributed by atoms with Gasteiger partial charge in [0.25, 0.3) is 0 Å². The highest BCUT2D eigenvalue weighted by Crippen LogP contribution is 2.54. The summed E-state index contributed by atoms with van der Waals surface area (Å²) in [7, 11) is 0. The van der Waals surface area contributed by atoms with Crippen molar-refractivity contribution in [1.82, 2.24) is 14.6 Å². The molecule has 1 N–H and O–H groups in total. The number of rotatable bonds is 5. The summed E-state index contributed by atoms with van der Waals surface area (Å²) < 4.78 is 1.88. The Bertz CT molecular complexity index is 1380. The molecule has 1 spiro atoms. The summed E-state index contributed by atoms with van der Waals surface area (Å²) in [5, 5.41) is 14.6. The van der Waals surface area contributed by atoms with Crippen LogP contribution in [0.3, 0.4) is 0 Å². The van der Waals surface area contributed by atoms with Gasteiger partial charge in [0.2, 0.25) is 0 Å². The monoisotopic (exact) mass is 482 g/mol. The maximum Gasteiger partial charge on any atom is 0.308 e. The highest BCUT2D eigenvalue weighted by Gasteiger charge is 2.45. The fourth-order valence-corrected chi connectivity index (χ4v) is 5.32. The quantitative estimate of drug-likeness (QED) is 0.356. The van der Waals surface area contributed by atoms with E-state index in [0.29, 0.717) is 5.41 Å². The summed E-state index contributed by atoms with van der Waals surface area (Å²) >= 11 is 0. The average molecular weight is 483 g/mol. The molecule has 2 fully saturated rings. The van der Waals surface area contributed by atoms with Crippen molar-refractivity contribution < 1.29 is 9.90 Å². The van der Waals surface area contributed by atoms with E-state index in [-0.39, 0.29) is 6.42 Å². The first-order valence-corrected chi connectivity index (χ1v) is 13.0. The van der Waals surface area contributed by atoms with Crippen molar-refractivity contribution in [2.45, 2.75) is 52.9 Å². The number of aryl methyl sites for hydroxylation is 1. The summed E-state index contributed by atoms with van der Waals surface area (Å²) in [6.07, 6.45) is 4.93. The highest BCUT2D eigenvalue weighted by molar-refractivity contribution is 5.76. The second-order valence-electron chi connectivity index (χ2n) is 9.80. The Balaban J connectivity index is 0.00000130. The summed E-state index contributed by atoms with van der Waals surface area (Å²) in [4.78, 5) is 18.8. The lowest BCUT2D eigenvalue weighted by molar-refractivity contribution is -0.136. The molecule has 0 unspecified atom stereocenters. The SMILES string of the molecule is CC.Cc1nc2cc(-c3cccc(-c4ccccc4)c3)nn2c(N2CCC3(CC2)CC3)c1CC(=O)O. The third-order valence-corrected chi connectivity index (χ3v) is 7.55. The molecule has 2 aliphatic rings. The van der Waals surface area contributed by atoms with Gasteiger partial charge in [-0.1, -0.05) is 62.4 Å². The number of benzene rings is 2. The van der Waals surface area contributed by atoms with E-state index >= 15 is 0 Å². The summed E-state index contributed by atoms with van der Waals surface area (Å²) in [5.74, 6) is 0.0509. The second-order valence-corrected chi connectivity index (χ2v) is 9.80. The van der Waals surface area contributed by atoms with Gasteiger partial charge in [-0.2, -0.15) is 9.61 Å². The van der Waals surface area contributed by atoms with Gasteiger partial charge in [-0.05, 0) is 55.2 Å². The minimum atomic E-state index is -0.843. The smallest absolute Gasteiger partial charge is 0.308 e. The van der Waals surface area contributed by atoms with E-state index in [4.69, 9.17) is 10.1 Å². The van der Waals surface area contributed by atoms with Crippen molar-refractivity contribution in [3.8, 4) is 22.4 Å². The van der Waals surface area contributed by atoms with Gasteiger partial charge in [0.15, 0.2) is 5.65 Å². The number of nitrogens with zero attached hydrogens (tertiary/aromatic N) is 4. The predicted octanol–water partition coefficient (Wildman–Crippen LogP) is 6.41. The first-order chi connectivity index (χ1) is 17.5. The molecule has 1 saturated carbocycles. The summed E-state index contributed by atoms with van der Waals surface area (Å²) in [5.41, 5.74) is 6.98. The lowest BCUT2D eigenvalue weighted by atomic mass is 9.93. The molecule has 3 heterocycles. The molecular formula is C30H34N4O2. The molecule has 4 aromatic rings. The van der Waals surface area contributed by atoms with Crippen LogP contribution in [0.1, 0.15) is 50.8 Å². The number of aromatic nitrogens is 3. The van der Waals surface area contributed by atoms with E-state index in [2.05, 4.69) is 41.3 Å². The van der Waals surface area contributed by atoms with Gasteiger partial charge < -0.3 is 10.0 Å². The van der Waals surface area contributed by atoms with Crippen molar-refractivity contribution in [1.29, 1.82) is 0 Å². The van der Waals surface area contributed by atoms with E-state index in [1.54, 1.807) is 0 Å². The average Bonchev–Trinajstić information content (AvgIpc) is 3.53. The zero-order valence-corrected chi connectivity index (χ0v) is 21.4. The molecule has 6 heteroatoms. The molecule has 186 valence electrons. The maximum atomic E-state index is 11.7. The van der Waals surface area contributed by atoms with Crippen LogP contribution >= 0.6 is 0 Å². The largest absolute Gasteiger partial charge is 0.481 e. The molecule has 1 aliphatic heterocycles. The molecule has 1 saturated heterocycles. The minimum absolute atomic E-state index is 0.0512. The fraction of sp³-hybridized carbons (Fsp3) is 0.367. The molecule has 2 aromatic carbocycles. The molecule has 6 nitrogen and oxygen atoms in total. The van der Waals surface area contributed by atoms with Crippen LogP contribution in [-0.4, -0.2) is 38.8 Å². The number of hydrogen-bond donors (Lipinski definition) is 1. The number of aliphatic carboxylic acids is 1. The van der Waals surface area contributed by atoms with Gasteiger partial charge in [-0.3, -0.25) is 4.79 Å². The van der Waals surface area contributed by atoms with Crippen molar-refractivity contribution in [2.75, 3.05) is 18.0 Å². The van der Waals surface area contributed by atoms with Crippen molar-refractivity contribution in [3.05, 3.63) is 71.9 Å². The van der Waals surface area contributed by atoms with Gasteiger partial charge in [-0.15, -0.1) is 0 Å². The van der Waals surface area contributed by atoms with E-state index in [1.165, 1.54) is 12.8 Å². The molecule has 36 heavy (non-hydrogen) atoms. The van der Waals surface area contributed by atoms with Gasteiger partial charge in [0.1, 0.15) is 5.82 Å². The standard InChI is InChI=1S/C28H28N4O2.C2H6/c1-19-23(17-26(33)34)27(31-14-12-28(10-11-28)13-15-31)32-25(29-19)18-24(30-32)22-9-5-8-21(16-22)20-6-3-2-4-7-20;1-2/h2-9,16,18H,10-15,17H2,1H3,(H,33,34);1-2H3. The van der Waals surface area contributed by atoms with Gasteiger partial charge in [0.05, 0.1) is 12.1 Å². The van der Waals surface area contributed by atoms with Crippen LogP contribution in [0.15, 0.2) is 60.7 Å². The summed E-state index contributed by atoms with van der Waals surface area (Å²) in [6.45, 7) is 7.78. The zero-order valence-electron chi connectivity index (χ0n) is 21.4. The normalized spacial score (nSPS) is 16.0. The Morgan fingerprint density at radius 2 is 1.58 bits per heavy atom. The third-order valence-electron chi connectivity index (χ3n) is 7.55. The lowest BCUT2D eigenvalue weighted by Crippen LogP contribution is -2.37. The van der Waals surface area contributed by atoms with E-state index < -0.39 is 5.97 Å². The fourth-order valence-electron chi connectivity index (χ4n) is 5.32. The Hall–Kier alpha value is -3.67. The number of hydrogen-bond acceptors (Lipinski definition) is 4. The molecule has 0 radical (unpaired) electrons. The van der Waals surface area contributed by atoms with Crippen LogP contribution in [0.25, 0.3) is 28.0 Å². The molecule has 0 bridgehead atoms. The first kappa shape index (κ1) is 24.0. The van der Waals surface area contributed by atoms with Gasteiger partial charge in [-0.25, -0.2) is 4.98 Å². The molecule has 6 rings (SSSR count). The van der Waals surface area contributed by atoms with Crippen LogP contribution < -0.4 is 4.90 Å². The Kier molecular flexibility index (Phi) is 6.52. The molecule has 1 aliphatic carbocycles. The predicted molar refractivity (Wildman–Crippen MR) is 144 cm³/mol. The van der Waals surface area contributed by atoms with E-state index in [1.807, 2.05) is 49.6 Å². The second kappa shape index (κ2) is 9.76. The lowest BCUT2D eigenvalue weighted by Gasteiger charge is -2.35. The van der Waals surface area contributed by atoms with Crippen molar-refractivity contribution in [2.24, 2.45) is 5.41 Å². The number of anilines is 1. The topological polar surface area (TPSA) is 70.7 Å². The molecule has 0 amide bonds. The Morgan fingerprint density at radius 3 is 2.25 bits per heavy atom. The number of carbonyl (C=O) groups is 1. The highest BCUT2D eigenvalue weighted by atomic mass is 16.4. The van der Waals surface area contributed by atoms with Gasteiger partial charge in [0, 0.05) is 36.0 Å². The van der Waals surface area contributed by atoms with Crippen LogP contribution in [-0.2, 0) is 11.2 Å². The zero-order chi connectivity index (χ0) is 25.3. The van der Waals surface area contributed by atoms with Crippen molar-refractivity contribution >= 4 is 17.4 Å². The Labute approximate surface area is 212 Å². The molecular weight excluding hydrogens is 448 g/mol. The van der Waals surface area contributed by atoms with Crippen LogP contribution in [0, 0.1) is 12.3 Å². The number of piperidine rings is 1. The van der Waals surface area contributed by atoms with Crippen LogP contribution in [0.2, 0.25) is 0 Å². The van der Waals surface area contributed by atoms with E-state index in [9.17, 15) is 9.90 Å². The van der Waals surface area contributed by atoms with Crippen LogP contribution in [0.5, 0.6) is 0 Å². The number of carboxylic acids is 1. The van der Waals surface area contributed by atoms with Crippen molar-refractivity contribution in [3.63, 3.8) is 0 Å². The molecule has 0 atom stereocenters. The number of fused-ring (bicyclic) bond motifs is 1.